The van der Waals surface area contributed by atoms with Crippen LogP contribution in [0.5, 0.6) is 0 Å². The SMILES string of the molecule is Cn1nnc(CNc2ccc(Br)cc2Cl)n1. The Hall–Kier alpha value is -1.14. The Bertz CT molecular complexity index is 498. The van der Waals surface area contributed by atoms with Crippen LogP contribution in [0.4, 0.5) is 5.69 Å². The molecule has 0 amide bonds. The van der Waals surface area contributed by atoms with Gasteiger partial charge in [0.05, 0.1) is 24.3 Å². The highest BCUT2D eigenvalue weighted by molar-refractivity contribution is 9.10. The van der Waals surface area contributed by atoms with Crippen LogP contribution in [-0.4, -0.2) is 20.2 Å². The maximum atomic E-state index is 6.05. The molecule has 5 nitrogen and oxygen atoms in total. The first-order chi connectivity index (χ1) is 7.65. The lowest BCUT2D eigenvalue weighted by Gasteiger charge is -2.05. The van der Waals surface area contributed by atoms with Crippen molar-refractivity contribution in [1.82, 2.24) is 20.2 Å². The van der Waals surface area contributed by atoms with Gasteiger partial charge in [-0.25, -0.2) is 0 Å². The van der Waals surface area contributed by atoms with E-state index in [1.54, 1.807) is 7.05 Å². The van der Waals surface area contributed by atoms with E-state index < -0.39 is 0 Å². The summed E-state index contributed by atoms with van der Waals surface area (Å²) in [6, 6.07) is 5.63. The summed E-state index contributed by atoms with van der Waals surface area (Å²) in [6.07, 6.45) is 0. The van der Waals surface area contributed by atoms with Gasteiger partial charge in [0.15, 0.2) is 5.82 Å². The third-order valence-corrected chi connectivity index (χ3v) is 2.72. The fraction of sp³-hybridized carbons (Fsp3) is 0.222. The lowest BCUT2D eigenvalue weighted by molar-refractivity contribution is 0.628. The molecule has 2 rings (SSSR count). The largest absolute Gasteiger partial charge is 0.376 e. The standard InChI is InChI=1S/C9H9BrClN5/c1-16-14-9(13-15-16)5-12-8-3-2-6(10)4-7(8)11/h2-4,12H,5H2,1H3. The number of benzene rings is 1. The van der Waals surface area contributed by atoms with Crippen molar-refractivity contribution in [3.63, 3.8) is 0 Å². The van der Waals surface area contributed by atoms with Crippen LogP contribution < -0.4 is 5.32 Å². The summed E-state index contributed by atoms with van der Waals surface area (Å²) in [7, 11) is 1.73. The van der Waals surface area contributed by atoms with Gasteiger partial charge in [-0.2, -0.15) is 4.80 Å². The zero-order valence-corrected chi connectivity index (χ0v) is 10.8. The minimum Gasteiger partial charge on any atom is -0.376 e. The Labute approximate surface area is 106 Å². The van der Waals surface area contributed by atoms with Crippen molar-refractivity contribution in [3.8, 4) is 0 Å². The minimum atomic E-state index is 0.495. The molecule has 0 saturated heterocycles. The molecular formula is C9H9BrClN5. The molecule has 0 aliphatic carbocycles. The van der Waals surface area contributed by atoms with Gasteiger partial charge in [0.1, 0.15) is 0 Å². The van der Waals surface area contributed by atoms with Crippen molar-refractivity contribution in [1.29, 1.82) is 0 Å². The van der Waals surface area contributed by atoms with Crippen molar-refractivity contribution in [2.75, 3.05) is 5.32 Å². The number of tetrazole rings is 1. The van der Waals surface area contributed by atoms with E-state index in [4.69, 9.17) is 11.6 Å². The molecule has 1 aromatic heterocycles. The number of rotatable bonds is 3. The number of hydrogen-bond acceptors (Lipinski definition) is 4. The highest BCUT2D eigenvalue weighted by atomic mass is 79.9. The van der Waals surface area contributed by atoms with Gasteiger partial charge in [-0.15, -0.1) is 10.2 Å². The van der Waals surface area contributed by atoms with Crippen LogP contribution in [0.3, 0.4) is 0 Å². The van der Waals surface area contributed by atoms with E-state index in [2.05, 4.69) is 36.7 Å². The van der Waals surface area contributed by atoms with Gasteiger partial charge >= 0.3 is 0 Å². The average Bonchev–Trinajstić information content (AvgIpc) is 2.63. The molecule has 7 heteroatoms. The second-order valence-corrected chi connectivity index (χ2v) is 4.50. The number of halogens is 2. The highest BCUT2D eigenvalue weighted by Gasteiger charge is 2.03. The molecule has 0 aliphatic heterocycles. The summed E-state index contributed by atoms with van der Waals surface area (Å²) < 4.78 is 0.945. The Morgan fingerprint density at radius 3 is 2.94 bits per heavy atom. The van der Waals surface area contributed by atoms with Crippen LogP contribution in [0.2, 0.25) is 5.02 Å². The van der Waals surface area contributed by atoms with Crippen LogP contribution >= 0.6 is 27.5 Å². The van der Waals surface area contributed by atoms with E-state index >= 15 is 0 Å². The van der Waals surface area contributed by atoms with Crippen molar-refractivity contribution in [3.05, 3.63) is 33.5 Å². The van der Waals surface area contributed by atoms with E-state index in [1.165, 1.54) is 4.80 Å². The normalized spacial score (nSPS) is 10.4. The maximum absolute atomic E-state index is 6.05. The summed E-state index contributed by atoms with van der Waals surface area (Å²) in [5, 5.41) is 15.4. The summed E-state index contributed by atoms with van der Waals surface area (Å²) in [5.41, 5.74) is 0.845. The third-order valence-electron chi connectivity index (χ3n) is 1.92. The van der Waals surface area contributed by atoms with Gasteiger partial charge in [-0.05, 0) is 23.4 Å². The topological polar surface area (TPSA) is 55.6 Å². The number of aromatic nitrogens is 4. The lowest BCUT2D eigenvalue weighted by atomic mass is 10.3. The van der Waals surface area contributed by atoms with E-state index in [0.29, 0.717) is 17.4 Å². The molecule has 2 aromatic rings. The molecule has 0 spiro atoms. The van der Waals surface area contributed by atoms with Gasteiger partial charge in [0.2, 0.25) is 0 Å². The van der Waals surface area contributed by atoms with E-state index in [-0.39, 0.29) is 0 Å². The third kappa shape index (κ3) is 2.70. The Kier molecular flexibility index (Phi) is 3.40. The van der Waals surface area contributed by atoms with Crippen molar-refractivity contribution in [2.45, 2.75) is 6.54 Å². The second-order valence-electron chi connectivity index (χ2n) is 3.17. The fourth-order valence-electron chi connectivity index (χ4n) is 1.20. The molecule has 0 bridgehead atoms. The number of anilines is 1. The quantitative estimate of drug-likeness (QED) is 0.945. The maximum Gasteiger partial charge on any atom is 0.193 e. The number of aryl methyl sites for hydroxylation is 1. The summed E-state index contributed by atoms with van der Waals surface area (Å²) in [4.78, 5) is 1.42. The van der Waals surface area contributed by atoms with Crippen LogP contribution in [-0.2, 0) is 13.6 Å². The van der Waals surface area contributed by atoms with Gasteiger partial charge < -0.3 is 5.32 Å². The van der Waals surface area contributed by atoms with Crippen molar-refractivity contribution < 1.29 is 0 Å². The van der Waals surface area contributed by atoms with Crippen molar-refractivity contribution in [2.24, 2.45) is 7.05 Å². The molecule has 1 N–H and O–H groups in total. The predicted octanol–water partition coefficient (Wildman–Crippen LogP) is 2.24. The Morgan fingerprint density at radius 2 is 2.31 bits per heavy atom. The minimum absolute atomic E-state index is 0.495. The first kappa shape index (κ1) is 11.3. The Balaban J connectivity index is 2.04. The number of nitrogens with zero attached hydrogens (tertiary/aromatic N) is 4. The first-order valence-corrected chi connectivity index (χ1v) is 5.74. The lowest BCUT2D eigenvalue weighted by Crippen LogP contribution is -2.02. The first-order valence-electron chi connectivity index (χ1n) is 4.57. The van der Waals surface area contributed by atoms with Gasteiger partial charge in [0, 0.05) is 4.47 Å². The summed E-state index contributed by atoms with van der Waals surface area (Å²) >= 11 is 9.39. The molecule has 0 aliphatic rings. The molecule has 0 fully saturated rings. The van der Waals surface area contributed by atoms with Crippen LogP contribution in [0.15, 0.2) is 22.7 Å². The van der Waals surface area contributed by atoms with Gasteiger partial charge in [0.25, 0.3) is 0 Å². The van der Waals surface area contributed by atoms with Crippen LogP contribution in [0, 0.1) is 0 Å². The molecule has 1 heterocycles. The molecule has 0 atom stereocenters. The molecule has 16 heavy (non-hydrogen) atoms. The summed E-state index contributed by atoms with van der Waals surface area (Å²) in [5.74, 6) is 0.626. The fourth-order valence-corrected chi connectivity index (χ4v) is 1.94. The Morgan fingerprint density at radius 1 is 1.50 bits per heavy atom. The van der Waals surface area contributed by atoms with E-state index in [1.807, 2.05) is 18.2 Å². The summed E-state index contributed by atoms with van der Waals surface area (Å²) in [6.45, 7) is 0.495. The van der Waals surface area contributed by atoms with Crippen molar-refractivity contribution >= 4 is 33.2 Å². The highest BCUT2D eigenvalue weighted by Crippen LogP contribution is 2.25. The predicted molar refractivity (Wildman–Crippen MR) is 65.3 cm³/mol. The molecule has 1 aromatic carbocycles. The van der Waals surface area contributed by atoms with Crippen LogP contribution in [0.1, 0.15) is 5.82 Å². The molecular weight excluding hydrogens is 293 g/mol. The van der Waals surface area contributed by atoms with Gasteiger partial charge in [-0.3, -0.25) is 0 Å². The second kappa shape index (κ2) is 4.80. The monoisotopic (exact) mass is 301 g/mol. The molecule has 84 valence electrons. The van der Waals surface area contributed by atoms with E-state index in [9.17, 15) is 0 Å². The number of nitrogens with one attached hydrogen (secondary N) is 1. The van der Waals surface area contributed by atoms with Crippen LogP contribution in [0.25, 0.3) is 0 Å². The number of hydrogen-bond donors (Lipinski definition) is 1. The molecule has 0 radical (unpaired) electrons. The average molecular weight is 303 g/mol. The molecule has 0 unspecified atom stereocenters. The smallest absolute Gasteiger partial charge is 0.193 e. The van der Waals surface area contributed by atoms with E-state index in [0.717, 1.165) is 10.2 Å². The zero-order chi connectivity index (χ0) is 11.5. The molecule has 0 saturated carbocycles. The zero-order valence-electron chi connectivity index (χ0n) is 8.48. The van der Waals surface area contributed by atoms with Gasteiger partial charge in [-0.1, -0.05) is 27.5 Å².